The van der Waals surface area contributed by atoms with Gasteiger partial charge in [-0.15, -0.1) is 0 Å². The molecular weight excluding hydrogens is 378 g/mol. The lowest BCUT2D eigenvalue weighted by Crippen LogP contribution is -2.28. The van der Waals surface area contributed by atoms with E-state index in [1.807, 2.05) is 35.1 Å². The quantitative estimate of drug-likeness (QED) is 0.497. The van der Waals surface area contributed by atoms with Crippen LogP contribution in [-0.4, -0.2) is 42.4 Å². The number of H-pyrrole nitrogens is 1. The van der Waals surface area contributed by atoms with Crippen molar-refractivity contribution in [3.05, 3.63) is 72.7 Å². The molecule has 8 nitrogen and oxygen atoms in total. The summed E-state index contributed by atoms with van der Waals surface area (Å²) in [5, 5.41) is 14.5. The van der Waals surface area contributed by atoms with Crippen molar-refractivity contribution >= 4 is 5.91 Å². The molecule has 0 atom stereocenters. The number of nitrogens with zero attached hydrogens (tertiary/aromatic N) is 5. The van der Waals surface area contributed by atoms with Gasteiger partial charge >= 0.3 is 0 Å². The van der Waals surface area contributed by atoms with E-state index in [2.05, 4.69) is 30.6 Å². The van der Waals surface area contributed by atoms with Crippen molar-refractivity contribution in [3.63, 3.8) is 0 Å². The fourth-order valence-electron chi connectivity index (χ4n) is 3.59. The Kier molecular flexibility index (Phi) is 4.80. The average molecular weight is 399 g/mol. The van der Waals surface area contributed by atoms with E-state index in [4.69, 9.17) is 0 Å². The van der Waals surface area contributed by atoms with E-state index in [0.717, 1.165) is 16.7 Å². The van der Waals surface area contributed by atoms with E-state index in [1.165, 1.54) is 18.5 Å². The zero-order chi connectivity index (χ0) is 20.3. The molecule has 0 saturated heterocycles. The summed E-state index contributed by atoms with van der Waals surface area (Å²) in [6, 6.07) is 9.49. The van der Waals surface area contributed by atoms with Crippen LogP contribution in [0.5, 0.6) is 0 Å². The molecule has 0 aliphatic heterocycles. The number of amides is 1. The lowest BCUT2D eigenvalue weighted by molar-refractivity contribution is 0.0947. The second-order valence-corrected chi connectivity index (χ2v) is 7.34. The summed E-state index contributed by atoms with van der Waals surface area (Å²) in [5.41, 5.74) is 5.51. The molecule has 1 fully saturated rings. The Morgan fingerprint density at radius 2 is 1.97 bits per heavy atom. The van der Waals surface area contributed by atoms with Gasteiger partial charge in [-0.1, -0.05) is 0 Å². The van der Waals surface area contributed by atoms with Crippen LogP contribution in [0.15, 0.2) is 61.3 Å². The van der Waals surface area contributed by atoms with Crippen LogP contribution in [0, 0.1) is 0 Å². The minimum absolute atomic E-state index is 0.188. The third-order valence-corrected chi connectivity index (χ3v) is 5.22. The fraction of sp³-hybridized carbons (Fsp3) is 0.227. The molecule has 1 aliphatic carbocycles. The van der Waals surface area contributed by atoms with E-state index < -0.39 is 0 Å². The Labute approximate surface area is 173 Å². The van der Waals surface area contributed by atoms with Gasteiger partial charge in [-0.2, -0.15) is 10.2 Å². The van der Waals surface area contributed by atoms with Crippen LogP contribution in [0.25, 0.3) is 22.4 Å². The van der Waals surface area contributed by atoms with Gasteiger partial charge in [0.1, 0.15) is 5.69 Å². The van der Waals surface area contributed by atoms with Crippen molar-refractivity contribution in [3.8, 4) is 22.4 Å². The van der Waals surface area contributed by atoms with Gasteiger partial charge in [-0.05, 0) is 48.7 Å². The van der Waals surface area contributed by atoms with Crippen molar-refractivity contribution < 1.29 is 4.79 Å². The van der Waals surface area contributed by atoms with Crippen LogP contribution in [0.2, 0.25) is 0 Å². The normalized spacial score (nSPS) is 13.3. The van der Waals surface area contributed by atoms with Gasteiger partial charge in [0.05, 0.1) is 18.4 Å². The highest BCUT2D eigenvalue weighted by atomic mass is 16.1. The van der Waals surface area contributed by atoms with Crippen molar-refractivity contribution in [2.75, 3.05) is 6.54 Å². The number of rotatable bonds is 7. The average Bonchev–Trinajstić information content (AvgIpc) is 3.35. The van der Waals surface area contributed by atoms with Crippen molar-refractivity contribution in [1.29, 1.82) is 0 Å². The Morgan fingerprint density at radius 3 is 2.73 bits per heavy atom. The van der Waals surface area contributed by atoms with Gasteiger partial charge in [-0.25, -0.2) is 0 Å². The second kappa shape index (κ2) is 7.90. The number of hydrogen-bond donors (Lipinski definition) is 2. The van der Waals surface area contributed by atoms with Gasteiger partial charge in [0.25, 0.3) is 5.91 Å². The molecule has 8 heteroatoms. The zero-order valence-corrected chi connectivity index (χ0v) is 16.3. The van der Waals surface area contributed by atoms with Gasteiger partial charge in [0.2, 0.25) is 0 Å². The van der Waals surface area contributed by atoms with Crippen LogP contribution in [0.3, 0.4) is 0 Å². The van der Waals surface area contributed by atoms with Gasteiger partial charge in [0.15, 0.2) is 0 Å². The van der Waals surface area contributed by atoms with Gasteiger partial charge in [0, 0.05) is 54.1 Å². The number of aromatic nitrogens is 6. The molecule has 1 saturated carbocycles. The molecule has 30 heavy (non-hydrogen) atoms. The third kappa shape index (κ3) is 3.71. The molecular formula is C22H21N7O. The Bertz CT molecular complexity index is 1150. The molecule has 0 spiro atoms. The minimum atomic E-state index is -0.188. The lowest BCUT2D eigenvalue weighted by Gasteiger charge is -2.10. The monoisotopic (exact) mass is 399 g/mol. The first kappa shape index (κ1) is 18.2. The molecule has 1 aliphatic rings. The SMILES string of the molecule is O=C(NCCn1ncc(-c2ccncc2)c1C1CC1)c1cc(-c2cccnc2)n[nH]1. The number of carbonyl (C=O) groups excluding carboxylic acids is 1. The highest BCUT2D eigenvalue weighted by Crippen LogP contribution is 2.44. The molecule has 2 N–H and O–H groups in total. The van der Waals surface area contributed by atoms with Crippen molar-refractivity contribution in [2.45, 2.75) is 25.3 Å². The van der Waals surface area contributed by atoms with Crippen LogP contribution < -0.4 is 5.32 Å². The van der Waals surface area contributed by atoms with Crippen LogP contribution >= 0.6 is 0 Å². The Hall–Kier alpha value is -3.81. The minimum Gasteiger partial charge on any atom is -0.349 e. The second-order valence-electron chi connectivity index (χ2n) is 7.34. The Balaban J connectivity index is 1.25. The summed E-state index contributed by atoms with van der Waals surface area (Å²) in [4.78, 5) is 20.7. The maximum Gasteiger partial charge on any atom is 0.269 e. The molecule has 4 aromatic rings. The Morgan fingerprint density at radius 1 is 1.10 bits per heavy atom. The summed E-state index contributed by atoms with van der Waals surface area (Å²) in [5.74, 6) is 0.355. The number of aromatic amines is 1. The van der Waals surface area contributed by atoms with Crippen molar-refractivity contribution in [1.82, 2.24) is 35.3 Å². The first-order valence-corrected chi connectivity index (χ1v) is 9.99. The first-order valence-electron chi connectivity index (χ1n) is 9.99. The lowest BCUT2D eigenvalue weighted by atomic mass is 10.1. The third-order valence-electron chi connectivity index (χ3n) is 5.22. The predicted octanol–water partition coefficient (Wildman–Crippen LogP) is 3.04. The maximum atomic E-state index is 12.5. The van der Waals surface area contributed by atoms with Crippen molar-refractivity contribution in [2.24, 2.45) is 0 Å². The first-order chi connectivity index (χ1) is 14.8. The number of carbonyl (C=O) groups is 1. The highest BCUT2D eigenvalue weighted by molar-refractivity contribution is 5.93. The maximum absolute atomic E-state index is 12.5. The van der Waals surface area contributed by atoms with E-state index in [9.17, 15) is 4.79 Å². The van der Waals surface area contributed by atoms with E-state index in [1.54, 1.807) is 30.9 Å². The summed E-state index contributed by atoms with van der Waals surface area (Å²) in [6.07, 6.45) is 11.3. The molecule has 0 bridgehead atoms. The van der Waals surface area contributed by atoms with E-state index in [0.29, 0.717) is 30.4 Å². The largest absolute Gasteiger partial charge is 0.349 e. The summed E-state index contributed by atoms with van der Waals surface area (Å²) in [6.45, 7) is 1.10. The van der Waals surface area contributed by atoms with Crippen LogP contribution in [-0.2, 0) is 6.54 Å². The van der Waals surface area contributed by atoms with Gasteiger partial charge < -0.3 is 5.32 Å². The molecule has 4 heterocycles. The summed E-state index contributed by atoms with van der Waals surface area (Å²) in [7, 11) is 0. The standard InChI is InChI=1S/C22H21N7O/c30-22(20-12-19(27-28-20)17-2-1-7-24-13-17)25-10-11-29-21(16-3-4-16)18(14-26-29)15-5-8-23-9-6-15/h1-2,5-9,12-14,16H,3-4,10-11H2,(H,25,30)(H,27,28). The molecule has 0 unspecified atom stereocenters. The number of nitrogens with one attached hydrogen (secondary N) is 2. The van der Waals surface area contributed by atoms with Crippen LogP contribution in [0.1, 0.15) is 34.9 Å². The molecule has 0 radical (unpaired) electrons. The predicted molar refractivity (Wildman–Crippen MR) is 112 cm³/mol. The van der Waals surface area contributed by atoms with E-state index >= 15 is 0 Å². The fourth-order valence-corrected chi connectivity index (χ4v) is 3.59. The summed E-state index contributed by atoms with van der Waals surface area (Å²) < 4.78 is 2.02. The molecule has 5 rings (SSSR count). The number of pyridine rings is 2. The van der Waals surface area contributed by atoms with Gasteiger partial charge in [-0.3, -0.25) is 24.5 Å². The molecule has 4 aromatic heterocycles. The zero-order valence-electron chi connectivity index (χ0n) is 16.3. The number of hydrogen-bond acceptors (Lipinski definition) is 5. The molecule has 1 amide bonds. The van der Waals surface area contributed by atoms with E-state index in [-0.39, 0.29) is 5.91 Å². The topological polar surface area (TPSA) is 101 Å². The molecule has 150 valence electrons. The highest BCUT2D eigenvalue weighted by Gasteiger charge is 2.30. The molecule has 0 aromatic carbocycles. The summed E-state index contributed by atoms with van der Waals surface area (Å²) >= 11 is 0. The van der Waals surface area contributed by atoms with Crippen LogP contribution in [0.4, 0.5) is 0 Å². The smallest absolute Gasteiger partial charge is 0.269 e.